The number of likely N-dealkylation sites (tertiary alicyclic amines) is 2. The van der Waals surface area contributed by atoms with Crippen molar-refractivity contribution >= 4 is 17.7 Å². The summed E-state index contributed by atoms with van der Waals surface area (Å²) in [6.07, 6.45) is 3.91. The lowest BCUT2D eigenvalue weighted by molar-refractivity contribution is -0.127. The van der Waals surface area contributed by atoms with Gasteiger partial charge in [-0.25, -0.2) is 0 Å². The zero-order chi connectivity index (χ0) is 17.6. The van der Waals surface area contributed by atoms with Crippen LogP contribution in [0, 0.1) is 18.8 Å². The Morgan fingerprint density at radius 3 is 2.60 bits per heavy atom. The number of carbonyl (C=O) groups is 1. The summed E-state index contributed by atoms with van der Waals surface area (Å²) >= 11 is 1.62. The third-order valence-electron chi connectivity index (χ3n) is 5.55. The fourth-order valence-corrected chi connectivity index (χ4v) is 4.91. The van der Waals surface area contributed by atoms with E-state index in [0.717, 1.165) is 13.1 Å². The molecule has 0 radical (unpaired) electrons. The standard InChI is InChI=1S/C20H30N2O2S/c1-16-7-3-4-8-19(16)25-15-20(24)22-12-17(18(13-22)14-23)11-21-9-5-2-6-10-21/h3-4,7-8,17-18,23H,2,5-6,9-15H2,1H3/t17-,18-/m1/s1. The zero-order valence-electron chi connectivity index (χ0n) is 15.2. The molecular weight excluding hydrogens is 332 g/mol. The second-order valence-corrected chi connectivity index (χ2v) is 8.43. The number of amides is 1. The van der Waals surface area contributed by atoms with E-state index in [9.17, 15) is 9.90 Å². The van der Waals surface area contributed by atoms with E-state index in [1.165, 1.54) is 42.8 Å². The number of piperidine rings is 1. The number of aliphatic hydroxyl groups excluding tert-OH is 1. The Hall–Kier alpha value is -1.04. The van der Waals surface area contributed by atoms with Gasteiger partial charge in [-0.1, -0.05) is 24.6 Å². The number of carbonyl (C=O) groups excluding carboxylic acids is 1. The van der Waals surface area contributed by atoms with Crippen LogP contribution in [0.5, 0.6) is 0 Å². The van der Waals surface area contributed by atoms with E-state index in [1.807, 2.05) is 17.0 Å². The summed E-state index contributed by atoms with van der Waals surface area (Å²) in [7, 11) is 0. The average molecular weight is 363 g/mol. The third-order valence-corrected chi connectivity index (χ3v) is 6.71. The molecule has 5 heteroatoms. The van der Waals surface area contributed by atoms with Gasteiger partial charge in [0.2, 0.25) is 5.91 Å². The smallest absolute Gasteiger partial charge is 0.232 e. The minimum absolute atomic E-state index is 0.188. The molecule has 3 rings (SSSR count). The van der Waals surface area contributed by atoms with E-state index in [1.54, 1.807) is 11.8 Å². The predicted octanol–water partition coefficient (Wildman–Crippen LogP) is 2.64. The molecule has 0 saturated carbocycles. The van der Waals surface area contributed by atoms with Crippen LogP contribution < -0.4 is 0 Å². The molecule has 4 nitrogen and oxygen atoms in total. The van der Waals surface area contributed by atoms with Gasteiger partial charge in [0.1, 0.15) is 0 Å². The molecule has 2 heterocycles. The summed E-state index contributed by atoms with van der Waals surface area (Å²) < 4.78 is 0. The maximum absolute atomic E-state index is 12.6. The average Bonchev–Trinajstić information content (AvgIpc) is 3.04. The minimum Gasteiger partial charge on any atom is -0.396 e. The molecule has 1 aromatic carbocycles. The van der Waals surface area contributed by atoms with Crippen molar-refractivity contribution in [1.29, 1.82) is 0 Å². The molecular formula is C20H30N2O2S. The monoisotopic (exact) mass is 362 g/mol. The first-order valence-corrected chi connectivity index (χ1v) is 10.5. The van der Waals surface area contributed by atoms with Crippen molar-refractivity contribution in [1.82, 2.24) is 9.80 Å². The van der Waals surface area contributed by atoms with Crippen LogP contribution in [-0.2, 0) is 4.79 Å². The Morgan fingerprint density at radius 2 is 1.88 bits per heavy atom. The van der Waals surface area contributed by atoms with Crippen LogP contribution in [0.15, 0.2) is 29.2 Å². The lowest BCUT2D eigenvalue weighted by Gasteiger charge is -2.30. The van der Waals surface area contributed by atoms with Crippen molar-refractivity contribution in [3.63, 3.8) is 0 Å². The van der Waals surface area contributed by atoms with Gasteiger partial charge in [-0.15, -0.1) is 11.8 Å². The first-order valence-electron chi connectivity index (χ1n) is 9.47. The highest BCUT2D eigenvalue weighted by molar-refractivity contribution is 8.00. The Kier molecular flexibility index (Phi) is 6.79. The fourth-order valence-electron chi connectivity index (χ4n) is 3.98. The molecule has 1 aromatic rings. The lowest BCUT2D eigenvalue weighted by atomic mass is 9.95. The maximum atomic E-state index is 12.6. The molecule has 0 spiro atoms. The largest absolute Gasteiger partial charge is 0.396 e. The van der Waals surface area contributed by atoms with Crippen LogP contribution in [0.3, 0.4) is 0 Å². The highest BCUT2D eigenvalue weighted by Gasteiger charge is 2.35. The molecule has 2 saturated heterocycles. The van der Waals surface area contributed by atoms with Crippen molar-refractivity contribution < 1.29 is 9.90 Å². The van der Waals surface area contributed by atoms with Crippen LogP contribution >= 0.6 is 11.8 Å². The predicted molar refractivity (Wildman–Crippen MR) is 103 cm³/mol. The van der Waals surface area contributed by atoms with E-state index >= 15 is 0 Å². The van der Waals surface area contributed by atoms with E-state index in [4.69, 9.17) is 0 Å². The quantitative estimate of drug-likeness (QED) is 0.790. The summed E-state index contributed by atoms with van der Waals surface area (Å²) in [4.78, 5) is 18.3. The van der Waals surface area contributed by atoms with Gasteiger partial charge < -0.3 is 14.9 Å². The van der Waals surface area contributed by atoms with Gasteiger partial charge in [-0.2, -0.15) is 0 Å². The van der Waals surface area contributed by atoms with E-state index in [0.29, 0.717) is 18.2 Å². The number of thioether (sulfide) groups is 1. The zero-order valence-corrected chi connectivity index (χ0v) is 16.0. The number of hydrogen-bond acceptors (Lipinski definition) is 4. The van der Waals surface area contributed by atoms with Crippen molar-refractivity contribution in [3.8, 4) is 0 Å². The number of benzene rings is 1. The van der Waals surface area contributed by atoms with Gasteiger partial charge in [0, 0.05) is 37.1 Å². The molecule has 138 valence electrons. The van der Waals surface area contributed by atoms with Gasteiger partial charge in [0.25, 0.3) is 0 Å². The third kappa shape index (κ3) is 4.99. The van der Waals surface area contributed by atoms with Crippen molar-refractivity contribution in [2.45, 2.75) is 31.1 Å². The Labute approximate surface area is 155 Å². The van der Waals surface area contributed by atoms with Crippen LogP contribution in [0.1, 0.15) is 24.8 Å². The highest BCUT2D eigenvalue weighted by atomic mass is 32.2. The summed E-state index contributed by atoms with van der Waals surface area (Å²) in [5.41, 5.74) is 1.22. The number of nitrogens with zero attached hydrogens (tertiary/aromatic N) is 2. The molecule has 0 unspecified atom stereocenters. The van der Waals surface area contributed by atoms with E-state index in [-0.39, 0.29) is 18.4 Å². The molecule has 0 bridgehead atoms. The van der Waals surface area contributed by atoms with Gasteiger partial charge >= 0.3 is 0 Å². The fraction of sp³-hybridized carbons (Fsp3) is 0.650. The van der Waals surface area contributed by atoms with Crippen molar-refractivity contribution in [2.24, 2.45) is 11.8 Å². The summed E-state index contributed by atoms with van der Waals surface area (Å²) in [5, 5.41) is 9.75. The molecule has 2 aliphatic rings. The number of aliphatic hydroxyl groups is 1. The van der Waals surface area contributed by atoms with Gasteiger partial charge in [-0.05, 0) is 50.4 Å². The normalized spacial score (nSPS) is 24.6. The van der Waals surface area contributed by atoms with Crippen molar-refractivity contribution in [3.05, 3.63) is 29.8 Å². The van der Waals surface area contributed by atoms with Gasteiger partial charge in [0.05, 0.1) is 5.75 Å². The molecule has 2 fully saturated rings. The Morgan fingerprint density at radius 1 is 1.16 bits per heavy atom. The first-order chi connectivity index (χ1) is 12.2. The van der Waals surface area contributed by atoms with Gasteiger partial charge in [-0.3, -0.25) is 4.79 Å². The molecule has 0 aliphatic carbocycles. The highest BCUT2D eigenvalue weighted by Crippen LogP contribution is 2.27. The van der Waals surface area contributed by atoms with E-state index < -0.39 is 0 Å². The van der Waals surface area contributed by atoms with Gasteiger partial charge in [0.15, 0.2) is 0 Å². The lowest BCUT2D eigenvalue weighted by Crippen LogP contribution is -2.37. The van der Waals surface area contributed by atoms with Crippen LogP contribution in [0.25, 0.3) is 0 Å². The molecule has 2 atom stereocenters. The maximum Gasteiger partial charge on any atom is 0.232 e. The SMILES string of the molecule is Cc1ccccc1SCC(=O)N1C[C@@H](CN2CCCCC2)[C@@H](CO)C1. The van der Waals surface area contributed by atoms with E-state index in [2.05, 4.69) is 24.0 Å². The molecule has 1 amide bonds. The second kappa shape index (κ2) is 9.06. The Bertz CT molecular complexity index is 575. The second-order valence-electron chi connectivity index (χ2n) is 7.42. The molecule has 2 aliphatic heterocycles. The summed E-state index contributed by atoms with van der Waals surface area (Å²) in [5.74, 6) is 1.33. The molecule has 1 N–H and O–H groups in total. The number of rotatable bonds is 6. The summed E-state index contributed by atoms with van der Waals surface area (Å²) in [6.45, 7) is 7.15. The van der Waals surface area contributed by atoms with Crippen molar-refractivity contribution in [2.75, 3.05) is 45.1 Å². The first kappa shape index (κ1) is 18.7. The van der Waals surface area contributed by atoms with Crippen LogP contribution in [0.2, 0.25) is 0 Å². The molecule has 0 aromatic heterocycles. The van der Waals surface area contributed by atoms with Crippen LogP contribution in [0.4, 0.5) is 0 Å². The molecule has 25 heavy (non-hydrogen) atoms. The van der Waals surface area contributed by atoms with Crippen LogP contribution in [-0.4, -0.2) is 65.9 Å². The Balaban J connectivity index is 1.52. The topological polar surface area (TPSA) is 43.8 Å². The number of hydrogen-bond donors (Lipinski definition) is 1. The number of aryl methyl sites for hydroxylation is 1. The summed E-state index contributed by atoms with van der Waals surface area (Å²) in [6, 6.07) is 8.21. The minimum atomic E-state index is 0.188.